The van der Waals surface area contributed by atoms with Crippen LogP contribution in [0.1, 0.15) is 31.2 Å². The van der Waals surface area contributed by atoms with Gasteiger partial charge in [-0.15, -0.1) is 0 Å². The van der Waals surface area contributed by atoms with Crippen molar-refractivity contribution in [1.29, 1.82) is 0 Å². The molecule has 6 nitrogen and oxygen atoms in total. The lowest BCUT2D eigenvalue weighted by Crippen LogP contribution is -2.36. The minimum atomic E-state index is -0.748. The molecule has 6 heteroatoms. The second kappa shape index (κ2) is 6.47. The molecule has 1 aromatic rings. The van der Waals surface area contributed by atoms with Gasteiger partial charge in [0.05, 0.1) is 10.8 Å². The summed E-state index contributed by atoms with van der Waals surface area (Å²) in [6, 6.07) is 6.73. The van der Waals surface area contributed by atoms with Crippen LogP contribution in [-0.2, 0) is 11.3 Å². The Kier molecular flexibility index (Phi) is 4.68. The van der Waals surface area contributed by atoms with Gasteiger partial charge in [-0.05, 0) is 19.3 Å². The van der Waals surface area contributed by atoms with Crippen LogP contribution in [0, 0.1) is 16.0 Å². The zero-order chi connectivity index (χ0) is 14.5. The van der Waals surface area contributed by atoms with E-state index >= 15 is 0 Å². The molecule has 2 unspecified atom stereocenters. The van der Waals surface area contributed by atoms with E-state index in [1.807, 2.05) is 0 Å². The summed E-state index contributed by atoms with van der Waals surface area (Å²) in [4.78, 5) is 21.5. The summed E-state index contributed by atoms with van der Waals surface area (Å²) < 4.78 is 0. The number of carboxylic acid groups (broad SMARTS) is 1. The van der Waals surface area contributed by atoms with Gasteiger partial charge >= 0.3 is 5.97 Å². The predicted molar refractivity (Wildman–Crippen MR) is 73.3 cm³/mol. The average Bonchev–Trinajstić information content (AvgIpc) is 2.45. The van der Waals surface area contributed by atoms with Crippen LogP contribution in [0.2, 0.25) is 0 Å². The van der Waals surface area contributed by atoms with Crippen LogP contribution in [-0.4, -0.2) is 22.0 Å². The third-order valence-electron chi connectivity index (χ3n) is 3.79. The molecule has 0 amide bonds. The summed E-state index contributed by atoms with van der Waals surface area (Å²) in [5.41, 5.74) is 0.737. The lowest BCUT2D eigenvalue weighted by atomic mass is 9.85. The first kappa shape index (κ1) is 14.5. The number of benzene rings is 1. The van der Waals surface area contributed by atoms with E-state index in [0.29, 0.717) is 18.5 Å². The van der Waals surface area contributed by atoms with Crippen molar-refractivity contribution in [2.45, 2.75) is 38.3 Å². The van der Waals surface area contributed by atoms with Gasteiger partial charge < -0.3 is 10.4 Å². The zero-order valence-corrected chi connectivity index (χ0v) is 11.1. The molecule has 0 saturated heterocycles. The van der Waals surface area contributed by atoms with Gasteiger partial charge in [0.2, 0.25) is 0 Å². The van der Waals surface area contributed by atoms with E-state index in [9.17, 15) is 14.9 Å². The number of nitrogens with one attached hydrogen (secondary N) is 1. The second-order valence-electron chi connectivity index (χ2n) is 5.17. The maximum Gasteiger partial charge on any atom is 0.306 e. The summed E-state index contributed by atoms with van der Waals surface area (Å²) in [7, 11) is 0. The van der Waals surface area contributed by atoms with Gasteiger partial charge in [0.25, 0.3) is 5.69 Å². The molecule has 0 aliphatic heterocycles. The summed E-state index contributed by atoms with van der Waals surface area (Å²) in [6.07, 6.45) is 3.12. The number of nitrogens with zero attached hydrogens (tertiary/aromatic N) is 1. The largest absolute Gasteiger partial charge is 0.481 e. The number of nitro benzene ring substituents is 1. The monoisotopic (exact) mass is 278 g/mol. The number of aliphatic carboxylic acids is 1. The van der Waals surface area contributed by atoms with Gasteiger partial charge in [-0.1, -0.05) is 24.6 Å². The highest BCUT2D eigenvalue weighted by Gasteiger charge is 2.26. The van der Waals surface area contributed by atoms with E-state index in [2.05, 4.69) is 5.32 Å². The fourth-order valence-electron chi connectivity index (χ4n) is 2.69. The van der Waals surface area contributed by atoms with E-state index in [0.717, 1.165) is 19.3 Å². The fraction of sp³-hybridized carbons (Fsp3) is 0.500. The molecular formula is C14H18N2O4. The molecule has 2 atom stereocenters. The molecule has 0 spiro atoms. The number of carboxylic acids is 1. The average molecular weight is 278 g/mol. The van der Waals surface area contributed by atoms with Crippen LogP contribution in [0.4, 0.5) is 5.69 Å². The van der Waals surface area contributed by atoms with Crippen LogP contribution in [0.5, 0.6) is 0 Å². The molecular weight excluding hydrogens is 260 g/mol. The van der Waals surface area contributed by atoms with Crippen molar-refractivity contribution in [1.82, 2.24) is 5.32 Å². The van der Waals surface area contributed by atoms with Crippen LogP contribution in [0.15, 0.2) is 24.3 Å². The number of carbonyl (C=O) groups is 1. The van der Waals surface area contributed by atoms with E-state index in [1.54, 1.807) is 18.2 Å². The highest BCUT2D eigenvalue weighted by Crippen LogP contribution is 2.25. The Hall–Kier alpha value is -1.95. The van der Waals surface area contributed by atoms with Crippen molar-refractivity contribution >= 4 is 11.7 Å². The number of hydrogen-bond acceptors (Lipinski definition) is 4. The molecule has 0 aromatic heterocycles. The van der Waals surface area contributed by atoms with E-state index in [-0.39, 0.29) is 17.6 Å². The second-order valence-corrected chi connectivity index (χ2v) is 5.17. The van der Waals surface area contributed by atoms with Crippen LogP contribution in [0.25, 0.3) is 0 Å². The standard InChI is InChI=1S/C14H18N2O4/c17-14(18)10-5-3-6-12(8-10)15-9-11-4-1-2-7-13(11)16(19)20/h1-2,4,7,10,12,15H,3,5-6,8-9H2,(H,17,18). The Bertz CT molecular complexity index is 504. The third-order valence-corrected chi connectivity index (χ3v) is 3.79. The van der Waals surface area contributed by atoms with Gasteiger partial charge in [-0.2, -0.15) is 0 Å². The first-order valence-corrected chi connectivity index (χ1v) is 6.76. The Morgan fingerprint density at radius 1 is 1.40 bits per heavy atom. The summed E-state index contributed by atoms with van der Waals surface area (Å²) in [5.74, 6) is -1.05. The molecule has 108 valence electrons. The zero-order valence-electron chi connectivity index (χ0n) is 11.1. The van der Waals surface area contributed by atoms with Crippen molar-refractivity contribution < 1.29 is 14.8 Å². The molecule has 1 aromatic carbocycles. The molecule has 0 bridgehead atoms. The SMILES string of the molecule is O=C(O)C1CCCC(NCc2ccccc2[N+](=O)[O-])C1. The van der Waals surface area contributed by atoms with E-state index in [4.69, 9.17) is 5.11 Å². The first-order valence-electron chi connectivity index (χ1n) is 6.76. The summed E-state index contributed by atoms with van der Waals surface area (Å²) in [5, 5.41) is 23.2. The van der Waals surface area contributed by atoms with Crippen molar-refractivity contribution in [3.05, 3.63) is 39.9 Å². The third kappa shape index (κ3) is 3.54. The highest BCUT2D eigenvalue weighted by molar-refractivity contribution is 5.70. The minimum Gasteiger partial charge on any atom is -0.481 e. The lowest BCUT2D eigenvalue weighted by Gasteiger charge is -2.27. The number of rotatable bonds is 5. The number of hydrogen-bond donors (Lipinski definition) is 2. The molecule has 0 heterocycles. The maximum atomic E-state index is 11.0. The maximum absolute atomic E-state index is 11.0. The minimum absolute atomic E-state index is 0.102. The summed E-state index contributed by atoms with van der Waals surface area (Å²) >= 11 is 0. The molecule has 1 aliphatic carbocycles. The van der Waals surface area contributed by atoms with Crippen LogP contribution in [0.3, 0.4) is 0 Å². The lowest BCUT2D eigenvalue weighted by molar-refractivity contribution is -0.385. The van der Waals surface area contributed by atoms with Gasteiger partial charge in [0.15, 0.2) is 0 Å². The molecule has 1 fully saturated rings. The Balaban J connectivity index is 1.95. The van der Waals surface area contributed by atoms with Crippen molar-refractivity contribution in [2.75, 3.05) is 0 Å². The van der Waals surface area contributed by atoms with Crippen LogP contribution < -0.4 is 5.32 Å². The van der Waals surface area contributed by atoms with Gasteiger partial charge in [0, 0.05) is 24.2 Å². The van der Waals surface area contributed by atoms with Crippen molar-refractivity contribution in [3.63, 3.8) is 0 Å². The van der Waals surface area contributed by atoms with Crippen LogP contribution >= 0.6 is 0 Å². The highest BCUT2D eigenvalue weighted by atomic mass is 16.6. The topological polar surface area (TPSA) is 92.5 Å². The quantitative estimate of drug-likeness (QED) is 0.637. The van der Waals surface area contributed by atoms with E-state index < -0.39 is 10.9 Å². The fourth-order valence-corrected chi connectivity index (χ4v) is 2.69. The molecule has 1 aliphatic rings. The summed E-state index contributed by atoms with van der Waals surface area (Å²) in [6.45, 7) is 0.397. The Morgan fingerprint density at radius 3 is 2.85 bits per heavy atom. The Morgan fingerprint density at radius 2 is 2.15 bits per heavy atom. The van der Waals surface area contributed by atoms with Gasteiger partial charge in [0.1, 0.15) is 0 Å². The Labute approximate surface area is 117 Å². The molecule has 2 rings (SSSR count). The van der Waals surface area contributed by atoms with Gasteiger partial charge in [-0.25, -0.2) is 0 Å². The van der Waals surface area contributed by atoms with E-state index in [1.165, 1.54) is 6.07 Å². The molecule has 20 heavy (non-hydrogen) atoms. The smallest absolute Gasteiger partial charge is 0.306 e. The number of nitro groups is 1. The van der Waals surface area contributed by atoms with Crippen molar-refractivity contribution in [2.24, 2.45) is 5.92 Å². The van der Waals surface area contributed by atoms with Gasteiger partial charge in [-0.3, -0.25) is 14.9 Å². The molecule has 1 saturated carbocycles. The normalized spacial score (nSPS) is 22.4. The first-order chi connectivity index (χ1) is 9.58. The van der Waals surface area contributed by atoms with Crippen molar-refractivity contribution in [3.8, 4) is 0 Å². The number of para-hydroxylation sites is 1. The molecule has 2 N–H and O–H groups in total. The molecule has 0 radical (unpaired) electrons. The predicted octanol–water partition coefficient (Wildman–Crippen LogP) is 2.33.